The molecule has 12 heteroatoms. The number of amides is 1. The number of aliphatic hydroxyl groups is 2. The van der Waals surface area contributed by atoms with Crippen molar-refractivity contribution in [3.8, 4) is 0 Å². The van der Waals surface area contributed by atoms with E-state index in [2.05, 4.69) is 15.0 Å². The highest BCUT2D eigenvalue weighted by atomic mass is 19.4. The van der Waals surface area contributed by atoms with Gasteiger partial charge in [-0.05, 0) is 12.8 Å². The van der Waals surface area contributed by atoms with Crippen LogP contribution in [0.3, 0.4) is 0 Å². The quantitative estimate of drug-likeness (QED) is 0.743. The maximum Gasteiger partial charge on any atom is 0.406 e. The summed E-state index contributed by atoms with van der Waals surface area (Å²) < 4.78 is 39.7. The molecule has 1 saturated carbocycles. The molecule has 2 N–H and O–H groups in total. The second kappa shape index (κ2) is 6.55. The number of aliphatic hydroxyl groups excluding tert-OH is 2. The Kier molecular flexibility index (Phi) is 4.42. The van der Waals surface area contributed by atoms with Crippen molar-refractivity contribution in [2.24, 2.45) is 5.41 Å². The molecule has 0 aromatic carbocycles. The van der Waals surface area contributed by atoms with E-state index in [4.69, 9.17) is 0 Å². The van der Waals surface area contributed by atoms with Crippen molar-refractivity contribution in [2.45, 2.75) is 25.1 Å². The molecule has 0 spiro atoms. The number of fused-ring (bicyclic) bond motifs is 1. The van der Waals surface area contributed by atoms with Crippen LogP contribution in [0.15, 0.2) is 12.7 Å². The zero-order chi connectivity index (χ0) is 20.1. The lowest BCUT2D eigenvalue weighted by Gasteiger charge is -2.45. The number of halogens is 3. The van der Waals surface area contributed by atoms with Crippen LogP contribution >= 0.6 is 0 Å². The summed E-state index contributed by atoms with van der Waals surface area (Å²) in [4.78, 5) is 26.8. The van der Waals surface area contributed by atoms with Gasteiger partial charge in [0.1, 0.15) is 19.4 Å². The van der Waals surface area contributed by atoms with Gasteiger partial charge in [-0.15, -0.1) is 0 Å². The van der Waals surface area contributed by atoms with Gasteiger partial charge in [0.05, 0.1) is 26.2 Å². The van der Waals surface area contributed by atoms with E-state index in [1.54, 1.807) is 6.33 Å². The first-order valence-corrected chi connectivity index (χ1v) is 8.74. The summed E-state index contributed by atoms with van der Waals surface area (Å²) in [5.41, 5.74) is 0.382. The van der Waals surface area contributed by atoms with Gasteiger partial charge >= 0.3 is 6.18 Å². The Hall–Kier alpha value is -2.47. The maximum atomic E-state index is 12.6. The zero-order valence-corrected chi connectivity index (χ0v) is 14.8. The van der Waals surface area contributed by atoms with Gasteiger partial charge in [-0.3, -0.25) is 4.79 Å². The second-order valence-electron chi connectivity index (χ2n) is 7.45. The fourth-order valence-electron chi connectivity index (χ4n) is 3.88. The van der Waals surface area contributed by atoms with Crippen molar-refractivity contribution in [1.29, 1.82) is 0 Å². The Labute approximate surface area is 157 Å². The van der Waals surface area contributed by atoms with Crippen LogP contribution in [-0.4, -0.2) is 79.7 Å². The van der Waals surface area contributed by atoms with E-state index in [1.165, 1.54) is 11.2 Å². The van der Waals surface area contributed by atoms with Crippen molar-refractivity contribution in [1.82, 2.24) is 24.4 Å². The second-order valence-corrected chi connectivity index (χ2v) is 7.45. The van der Waals surface area contributed by atoms with E-state index >= 15 is 0 Å². The topological polar surface area (TPSA) is 108 Å². The molecule has 3 heterocycles. The van der Waals surface area contributed by atoms with Gasteiger partial charge < -0.3 is 24.6 Å². The monoisotopic (exact) mass is 400 g/mol. The molecule has 0 radical (unpaired) electrons. The first-order valence-electron chi connectivity index (χ1n) is 8.74. The molecule has 2 aromatic rings. The third-order valence-corrected chi connectivity index (χ3v) is 5.43. The molecular formula is C16H19F3N6O3. The Morgan fingerprint density at radius 1 is 1.18 bits per heavy atom. The van der Waals surface area contributed by atoms with Crippen LogP contribution in [0.25, 0.3) is 11.2 Å². The molecule has 0 unspecified atom stereocenters. The van der Waals surface area contributed by atoms with Crippen LogP contribution in [0.5, 0.6) is 0 Å². The number of hydrogen-bond donors (Lipinski definition) is 2. The van der Waals surface area contributed by atoms with E-state index in [9.17, 15) is 28.2 Å². The highest BCUT2D eigenvalue weighted by Gasteiger charge is 2.45. The van der Waals surface area contributed by atoms with Crippen LogP contribution in [0.1, 0.15) is 18.9 Å². The van der Waals surface area contributed by atoms with Crippen LogP contribution in [0, 0.1) is 5.41 Å². The number of carbonyl (C=O) groups excluding carboxylic acids is 1. The van der Waals surface area contributed by atoms with Gasteiger partial charge in [-0.25, -0.2) is 15.0 Å². The summed E-state index contributed by atoms with van der Waals surface area (Å²) >= 11 is 0. The van der Waals surface area contributed by atoms with Gasteiger partial charge in [0.2, 0.25) is 5.91 Å². The summed E-state index contributed by atoms with van der Waals surface area (Å²) in [7, 11) is 0. The van der Waals surface area contributed by atoms with Crippen molar-refractivity contribution in [3.63, 3.8) is 0 Å². The van der Waals surface area contributed by atoms with Crippen molar-refractivity contribution in [2.75, 3.05) is 37.9 Å². The molecule has 152 valence electrons. The molecule has 1 aliphatic heterocycles. The summed E-state index contributed by atoms with van der Waals surface area (Å²) in [6.45, 7) is -1.97. The Morgan fingerprint density at radius 2 is 1.89 bits per heavy atom. The normalized spacial score (nSPS) is 20.2. The molecule has 2 aliphatic rings. The lowest BCUT2D eigenvalue weighted by Crippen LogP contribution is -2.44. The average Bonchev–Trinajstić information content (AvgIpc) is 3.18. The number of hydrogen-bond acceptors (Lipinski definition) is 7. The van der Waals surface area contributed by atoms with Crippen LogP contribution < -0.4 is 4.90 Å². The minimum absolute atomic E-state index is 0.00557. The van der Waals surface area contributed by atoms with E-state index < -0.39 is 24.0 Å². The van der Waals surface area contributed by atoms with Gasteiger partial charge in [-0.2, -0.15) is 13.2 Å². The molecule has 4 rings (SSSR count). The fourth-order valence-corrected chi connectivity index (χ4v) is 3.88. The Bertz CT molecular complexity index is 889. The standard InChI is InChI=1S/C16H19F3N6O3/c17-16(18,19)4-24-9-23(3-11(24)28)13-12-14(21-7-20-13)25(8-22-12)10-1-15(2-10,5-26)6-27/h7-8,10,26-27H,1-6,9H2. The minimum atomic E-state index is -4.47. The summed E-state index contributed by atoms with van der Waals surface area (Å²) in [6.07, 6.45) is -0.489. The summed E-state index contributed by atoms with van der Waals surface area (Å²) in [5, 5.41) is 18.9. The van der Waals surface area contributed by atoms with Gasteiger partial charge in [0.25, 0.3) is 0 Å². The number of rotatable bonds is 5. The average molecular weight is 400 g/mol. The van der Waals surface area contributed by atoms with Gasteiger partial charge in [0, 0.05) is 11.5 Å². The largest absolute Gasteiger partial charge is 0.406 e. The van der Waals surface area contributed by atoms with Crippen molar-refractivity contribution < 1.29 is 28.2 Å². The number of carbonyl (C=O) groups is 1. The third-order valence-electron chi connectivity index (χ3n) is 5.43. The van der Waals surface area contributed by atoms with Crippen LogP contribution in [0.4, 0.5) is 19.0 Å². The fraction of sp³-hybridized carbons (Fsp3) is 0.625. The summed E-state index contributed by atoms with van der Waals surface area (Å²) in [5.74, 6) is -0.324. The van der Waals surface area contributed by atoms with Crippen molar-refractivity contribution >= 4 is 22.9 Å². The molecule has 0 bridgehead atoms. The summed E-state index contributed by atoms with van der Waals surface area (Å²) in [6, 6.07) is -0.00557. The lowest BCUT2D eigenvalue weighted by molar-refractivity contribution is -0.156. The predicted molar refractivity (Wildman–Crippen MR) is 90.2 cm³/mol. The van der Waals surface area contributed by atoms with Crippen molar-refractivity contribution in [3.05, 3.63) is 12.7 Å². The Morgan fingerprint density at radius 3 is 2.54 bits per heavy atom. The van der Waals surface area contributed by atoms with E-state index in [0.717, 1.165) is 4.90 Å². The Balaban J connectivity index is 1.57. The third kappa shape index (κ3) is 3.15. The zero-order valence-electron chi connectivity index (χ0n) is 14.8. The molecule has 1 saturated heterocycles. The van der Waals surface area contributed by atoms with Crippen LogP contribution in [-0.2, 0) is 4.79 Å². The first kappa shape index (κ1) is 18.9. The molecule has 28 heavy (non-hydrogen) atoms. The number of imidazole rings is 1. The van der Waals surface area contributed by atoms with Gasteiger partial charge in [0.15, 0.2) is 17.0 Å². The number of alkyl halides is 3. The number of aromatic nitrogens is 4. The van der Waals surface area contributed by atoms with Crippen LogP contribution in [0.2, 0.25) is 0 Å². The predicted octanol–water partition coefficient (Wildman–Crippen LogP) is 0.301. The lowest BCUT2D eigenvalue weighted by atomic mass is 9.66. The first-order chi connectivity index (χ1) is 13.3. The smallest absolute Gasteiger partial charge is 0.396 e. The minimum Gasteiger partial charge on any atom is -0.396 e. The molecule has 1 aliphatic carbocycles. The highest BCUT2D eigenvalue weighted by molar-refractivity contribution is 5.90. The molecule has 0 atom stereocenters. The highest BCUT2D eigenvalue weighted by Crippen LogP contribution is 2.48. The SMILES string of the molecule is O=C1CN(c2ncnc3c2ncn3C2CC(CO)(CO)C2)CN1CC(F)(F)F. The molecule has 2 aromatic heterocycles. The van der Waals surface area contributed by atoms with E-state index in [0.29, 0.717) is 29.8 Å². The maximum absolute atomic E-state index is 12.6. The number of nitrogens with zero attached hydrogens (tertiary/aromatic N) is 6. The molecule has 1 amide bonds. The molecule has 9 nitrogen and oxygen atoms in total. The molecular weight excluding hydrogens is 381 g/mol. The van der Waals surface area contributed by atoms with E-state index in [1.807, 2.05) is 4.57 Å². The van der Waals surface area contributed by atoms with E-state index in [-0.39, 0.29) is 32.5 Å². The molecule has 2 fully saturated rings. The number of anilines is 1. The van der Waals surface area contributed by atoms with Gasteiger partial charge in [-0.1, -0.05) is 0 Å².